The molecule has 0 saturated heterocycles. The summed E-state index contributed by atoms with van der Waals surface area (Å²) in [7, 11) is 0. The lowest BCUT2D eigenvalue weighted by Gasteiger charge is -2.53. The van der Waals surface area contributed by atoms with Crippen LogP contribution in [0.1, 0.15) is 214 Å². The van der Waals surface area contributed by atoms with Gasteiger partial charge in [-0.3, -0.25) is 0 Å². The van der Waals surface area contributed by atoms with E-state index >= 15 is 0 Å². The average molecular weight is 523 g/mol. The van der Waals surface area contributed by atoms with E-state index in [1.54, 1.807) is 0 Å². The lowest BCUT2D eigenvalue weighted by Crippen LogP contribution is -2.43. The molecule has 0 aromatic rings. The van der Waals surface area contributed by atoms with Crippen LogP contribution in [0.3, 0.4) is 0 Å². The van der Waals surface area contributed by atoms with Gasteiger partial charge in [0.2, 0.25) is 0 Å². The van der Waals surface area contributed by atoms with Crippen LogP contribution in [0.4, 0.5) is 0 Å². The van der Waals surface area contributed by atoms with Gasteiger partial charge in [0.15, 0.2) is 0 Å². The van der Waals surface area contributed by atoms with E-state index in [-0.39, 0.29) is 0 Å². The molecule has 0 aliphatic carbocycles. The SMILES string of the molecule is CCCCCCC(CCCCO)(CCCCCC)C(CCCCCC)(CCCCCC)CCCCCC. The Morgan fingerprint density at radius 3 is 0.703 bits per heavy atom. The molecule has 0 unspecified atom stereocenters. The van der Waals surface area contributed by atoms with Crippen molar-refractivity contribution in [1.82, 2.24) is 0 Å². The van der Waals surface area contributed by atoms with Crippen LogP contribution in [-0.4, -0.2) is 11.7 Å². The molecule has 0 aromatic heterocycles. The van der Waals surface area contributed by atoms with Gasteiger partial charge in [-0.15, -0.1) is 0 Å². The molecule has 0 aliphatic heterocycles. The van der Waals surface area contributed by atoms with Gasteiger partial charge in [0.25, 0.3) is 0 Å². The lowest BCUT2D eigenvalue weighted by molar-refractivity contribution is -0.0314. The van der Waals surface area contributed by atoms with E-state index in [2.05, 4.69) is 34.6 Å². The van der Waals surface area contributed by atoms with Crippen LogP contribution in [0.2, 0.25) is 0 Å². The molecule has 37 heavy (non-hydrogen) atoms. The second-order valence-electron chi connectivity index (χ2n) is 12.8. The second kappa shape index (κ2) is 26.2. The molecule has 0 rings (SSSR count). The van der Waals surface area contributed by atoms with Gasteiger partial charge in [-0.25, -0.2) is 0 Å². The number of hydrogen-bond acceptors (Lipinski definition) is 1. The van der Waals surface area contributed by atoms with Crippen LogP contribution in [0.25, 0.3) is 0 Å². The van der Waals surface area contributed by atoms with Crippen molar-refractivity contribution in [2.45, 2.75) is 214 Å². The number of aliphatic hydroxyl groups is 1. The highest BCUT2D eigenvalue weighted by molar-refractivity contribution is 4.98. The Hall–Kier alpha value is -0.0400. The minimum atomic E-state index is 0.373. The van der Waals surface area contributed by atoms with Crippen LogP contribution < -0.4 is 0 Å². The van der Waals surface area contributed by atoms with Gasteiger partial charge in [0.1, 0.15) is 0 Å². The largest absolute Gasteiger partial charge is 0.396 e. The molecule has 1 nitrogen and oxygen atoms in total. The summed E-state index contributed by atoms with van der Waals surface area (Å²) in [5, 5.41) is 9.76. The van der Waals surface area contributed by atoms with E-state index in [4.69, 9.17) is 0 Å². The number of unbranched alkanes of at least 4 members (excludes halogenated alkanes) is 16. The van der Waals surface area contributed by atoms with Gasteiger partial charge in [-0.1, -0.05) is 169 Å². The quantitative estimate of drug-likeness (QED) is 0.0930. The summed E-state index contributed by atoms with van der Waals surface area (Å²) in [6, 6.07) is 0. The smallest absolute Gasteiger partial charge is 0.0431 e. The fourth-order valence-corrected chi connectivity index (χ4v) is 7.37. The Bertz CT molecular complexity index is 399. The van der Waals surface area contributed by atoms with Crippen LogP contribution in [0.5, 0.6) is 0 Å². The van der Waals surface area contributed by atoms with Crippen molar-refractivity contribution in [1.29, 1.82) is 0 Å². The summed E-state index contributed by atoms with van der Waals surface area (Å²) < 4.78 is 0. The minimum absolute atomic E-state index is 0.373. The normalized spacial score (nSPS) is 12.5. The predicted molar refractivity (Wildman–Crippen MR) is 170 cm³/mol. The van der Waals surface area contributed by atoms with Crippen LogP contribution in [-0.2, 0) is 0 Å². The molecule has 0 fully saturated rings. The van der Waals surface area contributed by atoms with Crippen molar-refractivity contribution in [3.63, 3.8) is 0 Å². The highest BCUT2D eigenvalue weighted by Crippen LogP contribution is 2.59. The maximum absolute atomic E-state index is 9.76. The fraction of sp³-hybridized carbons (Fsp3) is 1.00. The monoisotopic (exact) mass is 523 g/mol. The summed E-state index contributed by atoms with van der Waals surface area (Å²) >= 11 is 0. The zero-order valence-electron chi connectivity index (χ0n) is 27.0. The molecular weight excluding hydrogens is 448 g/mol. The van der Waals surface area contributed by atoms with E-state index in [1.165, 1.54) is 173 Å². The topological polar surface area (TPSA) is 20.2 Å². The van der Waals surface area contributed by atoms with Crippen molar-refractivity contribution >= 4 is 0 Å². The molecule has 1 heteroatoms. The van der Waals surface area contributed by atoms with E-state index in [9.17, 15) is 5.11 Å². The summed E-state index contributed by atoms with van der Waals surface area (Å²) in [5.41, 5.74) is 1.02. The number of hydrogen-bond donors (Lipinski definition) is 1. The van der Waals surface area contributed by atoms with E-state index in [0.29, 0.717) is 17.4 Å². The Labute approximate surface area is 236 Å². The van der Waals surface area contributed by atoms with Crippen LogP contribution in [0, 0.1) is 10.8 Å². The molecule has 0 atom stereocenters. The molecule has 0 aromatic carbocycles. The molecule has 0 spiro atoms. The van der Waals surface area contributed by atoms with Crippen molar-refractivity contribution in [3.8, 4) is 0 Å². The number of rotatable bonds is 30. The number of aliphatic hydroxyl groups excluding tert-OH is 1. The first-order valence-electron chi connectivity index (χ1n) is 17.7. The van der Waals surface area contributed by atoms with E-state index in [1.807, 2.05) is 0 Å². The third-order valence-electron chi connectivity index (χ3n) is 9.73. The average Bonchev–Trinajstić information content (AvgIpc) is 2.91. The molecule has 0 radical (unpaired) electrons. The first-order chi connectivity index (χ1) is 18.1. The fourth-order valence-electron chi connectivity index (χ4n) is 7.37. The highest BCUT2D eigenvalue weighted by Gasteiger charge is 2.48. The maximum Gasteiger partial charge on any atom is 0.0431 e. The zero-order chi connectivity index (χ0) is 27.5. The first kappa shape index (κ1) is 37.0. The van der Waals surface area contributed by atoms with Gasteiger partial charge >= 0.3 is 0 Å². The van der Waals surface area contributed by atoms with Crippen molar-refractivity contribution in [2.24, 2.45) is 10.8 Å². The van der Waals surface area contributed by atoms with Gasteiger partial charge < -0.3 is 5.11 Å². The second-order valence-corrected chi connectivity index (χ2v) is 12.8. The standard InChI is InChI=1S/C36H74O/c1-6-11-16-21-28-35(29-22-17-12-7-2,30-23-18-13-8-3)36(33-26-27-34-37,31-24-19-14-9-4)32-25-20-15-10-5/h37H,6-34H2,1-5H3. The zero-order valence-corrected chi connectivity index (χ0v) is 27.0. The molecular formula is C36H74O. The summed E-state index contributed by atoms with van der Waals surface area (Å²) in [4.78, 5) is 0. The maximum atomic E-state index is 9.76. The van der Waals surface area contributed by atoms with Crippen LogP contribution >= 0.6 is 0 Å². The van der Waals surface area contributed by atoms with E-state index in [0.717, 1.165) is 6.42 Å². The van der Waals surface area contributed by atoms with Crippen molar-refractivity contribution in [3.05, 3.63) is 0 Å². The van der Waals surface area contributed by atoms with Gasteiger partial charge in [0.05, 0.1) is 0 Å². The summed E-state index contributed by atoms with van der Waals surface area (Å²) in [6.07, 6.45) is 39.0. The van der Waals surface area contributed by atoms with Crippen LogP contribution in [0.15, 0.2) is 0 Å². The highest BCUT2D eigenvalue weighted by atomic mass is 16.2. The van der Waals surface area contributed by atoms with E-state index < -0.39 is 0 Å². The van der Waals surface area contributed by atoms with Crippen molar-refractivity contribution < 1.29 is 5.11 Å². The van der Waals surface area contributed by atoms with Crippen molar-refractivity contribution in [2.75, 3.05) is 6.61 Å². The third kappa shape index (κ3) is 16.6. The lowest BCUT2D eigenvalue weighted by atomic mass is 9.51. The molecule has 1 N–H and O–H groups in total. The third-order valence-corrected chi connectivity index (χ3v) is 9.73. The first-order valence-corrected chi connectivity index (χ1v) is 17.7. The van der Waals surface area contributed by atoms with Gasteiger partial charge in [-0.05, 0) is 55.8 Å². The summed E-state index contributed by atoms with van der Waals surface area (Å²) in [6.45, 7) is 12.2. The van der Waals surface area contributed by atoms with Gasteiger partial charge in [0, 0.05) is 6.61 Å². The molecule has 0 bridgehead atoms. The minimum Gasteiger partial charge on any atom is -0.396 e. The Morgan fingerprint density at radius 2 is 0.514 bits per heavy atom. The predicted octanol–water partition coefficient (Wildman–Crippen LogP) is 13.0. The molecule has 224 valence electrons. The Balaban J connectivity index is 6.29. The Kier molecular flexibility index (Phi) is 26.2. The molecule has 0 saturated carbocycles. The molecule has 0 heterocycles. The molecule has 0 aliphatic rings. The molecule has 0 amide bonds. The Morgan fingerprint density at radius 1 is 0.297 bits per heavy atom. The van der Waals surface area contributed by atoms with Gasteiger partial charge in [-0.2, -0.15) is 0 Å². The summed E-state index contributed by atoms with van der Waals surface area (Å²) in [5.74, 6) is 0.